The van der Waals surface area contributed by atoms with Crippen LogP contribution in [0.15, 0.2) is 24.4 Å². The van der Waals surface area contributed by atoms with Gasteiger partial charge in [0.25, 0.3) is 5.91 Å². The number of esters is 1. The van der Waals surface area contributed by atoms with Gasteiger partial charge in [0, 0.05) is 32.5 Å². The monoisotopic (exact) mass is 691 g/mol. The molecule has 1 N–H and O–H groups in total. The molecule has 3 heterocycles. The number of anilines is 1. The summed E-state index contributed by atoms with van der Waals surface area (Å²) in [6, 6.07) is 6.95. The third-order valence-corrected chi connectivity index (χ3v) is 11.1. The summed E-state index contributed by atoms with van der Waals surface area (Å²) in [6.07, 6.45) is 9.90. The van der Waals surface area contributed by atoms with Crippen molar-refractivity contribution in [2.45, 2.75) is 142 Å². The van der Waals surface area contributed by atoms with Gasteiger partial charge in [-0.3, -0.25) is 14.6 Å². The average molecular weight is 692 g/mol. The molecule has 1 aliphatic heterocycles. The molecular formula is C38H57N5O5Si. The van der Waals surface area contributed by atoms with Gasteiger partial charge in [0.15, 0.2) is 5.69 Å². The van der Waals surface area contributed by atoms with Crippen LogP contribution in [-0.4, -0.2) is 58.9 Å². The Morgan fingerprint density at radius 2 is 1.88 bits per heavy atom. The first-order valence-electron chi connectivity index (χ1n) is 17.8. The van der Waals surface area contributed by atoms with Gasteiger partial charge in [0.2, 0.25) is 5.82 Å². The van der Waals surface area contributed by atoms with E-state index < -0.39 is 25.2 Å². The lowest BCUT2D eigenvalue weighted by Gasteiger charge is -2.46. The molecule has 2 unspecified atom stereocenters. The molecule has 1 saturated heterocycles. The predicted molar refractivity (Wildman–Crippen MR) is 195 cm³/mol. The van der Waals surface area contributed by atoms with Crippen molar-refractivity contribution in [2.75, 3.05) is 18.5 Å². The lowest BCUT2D eigenvalue weighted by molar-refractivity contribution is -0.186. The lowest BCUT2D eigenvalue weighted by atomic mass is 9.76. The number of carbonyl (C=O) groups excluding carboxylic acids is 2. The maximum absolute atomic E-state index is 13.8. The maximum Gasteiger partial charge on any atom is 0.308 e. The zero-order valence-corrected chi connectivity index (χ0v) is 32.2. The summed E-state index contributed by atoms with van der Waals surface area (Å²) in [5.41, 5.74) is 2.52. The minimum Gasteiger partial charge on any atom is -0.466 e. The van der Waals surface area contributed by atoms with Gasteiger partial charge in [-0.25, -0.2) is 4.98 Å². The number of rotatable bonds is 14. The number of unbranched alkanes of at least 4 members (excludes halogenated alkanes) is 1. The van der Waals surface area contributed by atoms with Gasteiger partial charge in [0.05, 0.1) is 35.6 Å². The van der Waals surface area contributed by atoms with Gasteiger partial charge < -0.3 is 24.1 Å². The summed E-state index contributed by atoms with van der Waals surface area (Å²) in [6.45, 7) is 20.7. The molecule has 2 aromatic rings. The Bertz CT molecular complexity index is 1570. The average Bonchev–Trinajstić information content (AvgIpc) is 3.41. The van der Waals surface area contributed by atoms with Crippen LogP contribution < -0.4 is 5.32 Å². The van der Waals surface area contributed by atoms with Crippen LogP contribution in [0, 0.1) is 16.7 Å². The highest BCUT2D eigenvalue weighted by atomic mass is 28.3. The number of hydrogen-bond acceptors (Lipinski definition) is 8. The van der Waals surface area contributed by atoms with Crippen molar-refractivity contribution in [3.63, 3.8) is 0 Å². The smallest absolute Gasteiger partial charge is 0.308 e. The molecule has 1 fully saturated rings. The van der Waals surface area contributed by atoms with Gasteiger partial charge in [-0.1, -0.05) is 52.9 Å². The van der Waals surface area contributed by atoms with Gasteiger partial charge in [0.1, 0.15) is 12.8 Å². The summed E-state index contributed by atoms with van der Waals surface area (Å²) >= 11 is 0. The van der Waals surface area contributed by atoms with Gasteiger partial charge in [-0.2, -0.15) is 5.26 Å². The van der Waals surface area contributed by atoms with Crippen molar-refractivity contribution in [1.29, 1.82) is 5.26 Å². The lowest BCUT2D eigenvalue weighted by Crippen LogP contribution is -2.47. The largest absolute Gasteiger partial charge is 0.466 e. The van der Waals surface area contributed by atoms with Gasteiger partial charge in [-0.05, 0) is 88.5 Å². The number of nitrogens with zero attached hydrogens (tertiary/aromatic N) is 4. The quantitative estimate of drug-likeness (QED) is 0.119. The van der Waals surface area contributed by atoms with Crippen LogP contribution in [0.2, 0.25) is 25.7 Å². The number of allylic oxidation sites excluding steroid dienone is 2. The zero-order chi connectivity index (χ0) is 36.0. The summed E-state index contributed by atoms with van der Waals surface area (Å²) < 4.78 is 19.5. The molecule has 1 aliphatic carbocycles. The highest BCUT2D eigenvalue weighted by Gasteiger charge is 2.44. The summed E-state index contributed by atoms with van der Waals surface area (Å²) in [4.78, 5) is 36.1. The maximum atomic E-state index is 13.8. The summed E-state index contributed by atoms with van der Waals surface area (Å²) in [5, 5.41) is 12.6. The molecule has 2 aliphatic rings. The zero-order valence-electron chi connectivity index (χ0n) is 31.2. The predicted octanol–water partition coefficient (Wildman–Crippen LogP) is 8.47. The van der Waals surface area contributed by atoms with Crippen LogP contribution in [0.4, 0.5) is 5.69 Å². The highest BCUT2D eigenvalue weighted by molar-refractivity contribution is 6.76. The van der Waals surface area contributed by atoms with E-state index in [2.05, 4.69) is 76.7 Å². The van der Waals surface area contributed by atoms with E-state index in [0.29, 0.717) is 25.3 Å². The van der Waals surface area contributed by atoms with Crippen LogP contribution >= 0.6 is 0 Å². The molecule has 0 spiro atoms. The molecule has 268 valence electrons. The van der Waals surface area contributed by atoms with E-state index in [4.69, 9.17) is 19.2 Å². The third kappa shape index (κ3) is 11.1. The summed E-state index contributed by atoms with van der Waals surface area (Å²) in [7, 11) is -1.28. The molecule has 0 radical (unpaired) electrons. The van der Waals surface area contributed by atoms with Crippen molar-refractivity contribution in [2.24, 2.45) is 5.41 Å². The molecule has 0 bridgehead atoms. The number of amides is 1. The molecular weight excluding hydrogens is 635 g/mol. The highest BCUT2D eigenvalue weighted by Crippen LogP contribution is 2.46. The number of aromatic nitrogens is 3. The standard InChI is InChI=1S/C38H57N5O5Si/c1-10-11-18-47-32(44)23-38(6)22-28(21-37(4,5)48-38)30-12-13-31(33(41-30)27-14-16-36(2,3)17-15-27)42-35(45)34-40-29(24-39)25-43(34)26-46-19-20-49(7,8)9/h12-14,25,28H,10-11,15-23,26H2,1-9H3,(H,42,45). The minimum atomic E-state index is -1.28. The van der Waals surface area contributed by atoms with Gasteiger partial charge in [-0.15, -0.1) is 0 Å². The third-order valence-electron chi connectivity index (χ3n) is 9.40. The van der Waals surface area contributed by atoms with Crippen molar-refractivity contribution in [1.82, 2.24) is 14.5 Å². The Balaban J connectivity index is 1.62. The number of nitrogens with one attached hydrogen (secondary N) is 1. The Morgan fingerprint density at radius 3 is 2.53 bits per heavy atom. The van der Waals surface area contributed by atoms with Crippen LogP contribution in [0.1, 0.15) is 127 Å². The molecule has 10 nitrogen and oxygen atoms in total. The molecule has 1 amide bonds. The number of pyridine rings is 1. The minimum absolute atomic E-state index is 0.0340. The molecule has 0 aromatic carbocycles. The first-order valence-corrected chi connectivity index (χ1v) is 21.5. The van der Waals surface area contributed by atoms with E-state index in [0.717, 1.165) is 61.5 Å². The van der Waals surface area contributed by atoms with Crippen LogP contribution in [0.3, 0.4) is 0 Å². The fraction of sp³-hybridized carbons (Fsp3) is 0.658. The molecule has 2 aromatic heterocycles. The fourth-order valence-electron chi connectivity index (χ4n) is 6.75. The Labute approximate surface area is 294 Å². The molecule has 4 rings (SSSR count). The van der Waals surface area contributed by atoms with E-state index in [-0.39, 0.29) is 42.0 Å². The van der Waals surface area contributed by atoms with E-state index in [9.17, 15) is 14.9 Å². The van der Waals surface area contributed by atoms with E-state index in [1.165, 1.54) is 0 Å². The first kappa shape index (κ1) is 38.5. The topological polar surface area (TPSA) is 128 Å². The number of imidazole rings is 1. The Kier molecular flexibility index (Phi) is 12.3. The van der Waals surface area contributed by atoms with Crippen molar-refractivity contribution >= 4 is 31.2 Å². The van der Waals surface area contributed by atoms with E-state index in [1.807, 2.05) is 19.1 Å². The van der Waals surface area contributed by atoms with Crippen LogP contribution in [0.25, 0.3) is 5.57 Å². The van der Waals surface area contributed by atoms with Crippen LogP contribution in [0.5, 0.6) is 0 Å². The second-order valence-corrected chi connectivity index (χ2v) is 22.4. The SMILES string of the molecule is CCCCOC(=O)CC1(C)CC(c2ccc(NC(=O)c3nc(C#N)cn3COCC[Si](C)(C)C)c(C3=CCC(C)(C)CC3)n2)CC(C)(C)O1. The normalized spacial score (nSPS) is 21.8. The van der Waals surface area contributed by atoms with Crippen molar-refractivity contribution in [3.05, 3.63) is 47.3 Å². The fourth-order valence-corrected chi connectivity index (χ4v) is 7.51. The molecule has 11 heteroatoms. The second-order valence-electron chi connectivity index (χ2n) is 16.7. The second kappa shape index (κ2) is 15.7. The first-order chi connectivity index (χ1) is 22.9. The molecule has 49 heavy (non-hydrogen) atoms. The number of ether oxygens (including phenoxy) is 3. The number of carbonyl (C=O) groups is 2. The Hall–Kier alpha value is -3.33. The van der Waals surface area contributed by atoms with Crippen molar-refractivity contribution < 1.29 is 23.8 Å². The van der Waals surface area contributed by atoms with E-state index in [1.54, 1.807) is 10.8 Å². The summed E-state index contributed by atoms with van der Waals surface area (Å²) in [5.74, 6) is -0.518. The van der Waals surface area contributed by atoms with Gasteiger partial charge >= 0.3 is 5.97 Å². The number of nitriles is 1. The molecule has 0 saturated carbocycles. The van der Waals surface area contributed by atoms with Crippen molar-refractivity contribution in [3.8, 4) is 6.07 Å². The Morgan fingerprint density at radius 1 is 1.12 bits per heavy atom. The van der Waals surface area contributed by atoms with Crippen LogP contribution in [-0.2, 0) is 25.7 Å². The number of hydrogen-bond donors (Lipinski definition) is 1. The molecule has 2 atom stereocenters. The van der Waals surface area contributed by atoms with E-state index >= 15 is 0 Å².